The fourth-order valence-corrected chi connectivity index (χ4v) is 4.53. The molecule has 1 saturated carbocycles. The molecule has 1 heterocycles. The summed E-state index contributed by atoms with van der Waals surface area (Å²) in [7, 11) is 1.91. The Morgan fingerprint density at radius 2 is 2.04 bits per heavy atom. The molecule has 0 bridgehead atoms. The van der Waals surface area contributed by atoms with Crippen molar-refractivity contribution in [1.29, 1.82) is 0 Å². The Kier molecular flexibility index (Phi) is 4.13. The summed E-state index contributed by atoms with van der Waals surface area (Å²) in [6.45, 7) is 9.52. The number of carbonyl (C=O) groups excluding carboxylic acids is 1. The van der Waals surface area contributed by atoms with Gasteiger partial charge in [0.15, 0.2) is 0 Å². The first kappa shape index (κ1) is 16.3. The summed E-state index contributed by atoms with van der Waals surface area (Å²) < 4.78 is 5.84. The maximum absolute atomic E-state index is 12.8. The Bertz CT molecular complexity index is 597. The van der Waals surface area contributed by atoms with E-state index in [1.165, 1.54) is 5.56 Å². The molecule has 0 aromatic heterocycles. The van der Waals surface area contributed by atoms with Gasteiger partial charge >= 0.3 is 6.03 Å². The summed E-state index contributed by atoms with van der Waals surface area (Å²) in [5.74, 6) is 0.852. The summed E-state index contributed by atoms with van der Waals surface area (Å²) in [5.41, 5.74) is 2.10. The Labute approximate surface area is 139 Å². The summed E-state index contributed by atoms with van der Waals surface area (Å²) >= 11 is 0. The number of fused-ring (bicyclic) bond motifs is 1. The number of urea groups is 1. The lowest BCUT2D eigenvalue weighted by atomic mass is 9.57. The summed E-state index contributed by atoms with van der Waals surface area (Å²) in [6, 6.07) is 8.26. The minimum atomic E-state index is -0.0264. The molecule has 1 N–H and O–H groups in total. The van der Waals surface area contributed by atoms with Crippen LogP contribution in [0.5, 0.6) is 0 Å². The van der Waals surface area contributed by atoms with E-state index in [-0.39, 0.29) is 17.5 Å². The molecule has 1 aromatic carbocycles. The molecule has 4 nitrogen and oxygen atoms in total. The molecular formula is C19H28N2O2. The Morgan fingerprint density at radius 3 is 2.74 bits per heavy atom. The molecule has 3 atom stereocenters. The lowest BCUT2D eigenvalue weighted by molar-refractivity contribution is -0.137. The van der Waals surface area contributed by atoms with E-state index in [4.69, 9.17) is 4.74 Å². The van der Waals surface area contributed by atoms with Crippen LogP contribution in [0.3, 0.4) is 0 Å². The number of amides is 2. The highest BCUT2D eigenvalue weighted by Crippen LogP contribution is 2.54. The molecule has 1 aromatic rings. The zero-order chi connectivity index (χ0) is 16.8. The summed E-state index contributed by atoms with van der Waals surface area (Å²) in [4.78, 5) is 14.7. The number of benzene rings is 1. The highest BCUT2D eigenvalue weighted by Gasteiger charge is 2.61. The molecule has 0 radical (unpaired) electrons. The van der Waals surface area contributed by atoms with Crippen molar-refractivity contribution < 1.29 is 9.53 Å². The lowest BCUT2D eigenvalue weighted by Gasteiger charge is -2.57. The zero-order valence-corrected chi connectivity index (χ0v) is 14.8. The molecule has 23 heavy (non-hydrogen) atoms. The third-order valence-electron chi connectivity index (χ3n) is 5.60. The number of ether oxygens (including phenoxy) is 1. The van der Waals surface area contributed by atoms with Crippen molar-refractivity contribution in [2.75, 3.05) is 19.0 Å². The van der Waals surface area contributed by atoms with Gasteiger partial charge < -0.3 is 15.0 Å². The molecule has 3 unspecified atom stereocenters. The quantitative estimate of drug-likeness (QED) is 0.912. The second-order valence-electron chi connectivity index (χ2n) is 7.79. The molecule has 1 aliphatic heterocycles. The molecule has 2 amide bonds. The van der Waals surface area contributed by atoms with Crippen LogP contribution < -0.4 is 5.32 Å². The van der Waals surface area contributed by atoms with Gasteiger partial charge in [-0.2, -0.15) is 0 Å². The maximum atomic E-state index is 12.8. The first-order valence-corrected chi connectivity index (χ1v) is 8.58. The molecule has 1 aliphatic carbocycles. The van der Waals surface area contributed by atoms with Crippen LogP contribution in [0.1, 0.15) is 45.6 Å². The van der Waals surface area contributed by atoms with Crippen molar-refractivity contribution in [2.45, 2.75) is 52.2 Å². The van der Waals surface area contributed by atoms with Crippen LogP contribution >= 0.6 is 0 Å². The van der Waals surface area contributed by atoms with Gasteiger partial charge in [-0.25, -0.2) is 4.79 Å². The molecule has 2 aliphatic rings. The van der Waals surface area contributed by atoms with Gasteiger partial charge in [0.2, 0.25) is 0 Å². The van der Waals surface area contributed by atoms with E-state index in [0.717, 1.165) is 18.7 Å². The number of rotatable bonds is 3. The van der Waals surface area contributed by atoms with Gasteiger partial charge in [0, 0.05) is 36.7 Å². The van der Waals surface area contributed by atoms with E-state index in [1.54, 1.807) is 0 Å². The van der Waals surface area contributed by atoms with Crippen LogP contribution in [-0.4, -0.2) is 36.7 Å². The fourth-order valence-electron chi connectivity index (χ4n) is 4.53. The summed E-state index contributed by atoms with van der Waals surface area (Å²) in [5, 5.41) is 3.10. The van der Waals surface area contributed by atoms with E-state index in [2.05, 4.69) is 39.1 Å². The summed E-state index contributed by atoms with van der Waals surface area (Å²) in [6.07, 6.45) is 1.35. The normalized spacial score (nSPS) is 28.2. The van der Waals surface area contributed by atoms with Crippen LogP contribution in [0.4, 0.5) is 10.5 Å². The van der Waals surface area contributed by atoms with Crippen LogP contribution in [0.15, 0.2) is 24.3 Å². The third-order valence-corrected chi connectivity index (χ3v) is 5.60. The Balaban J connectivity index is 1.74. The zero-order valence-electron chi connectivity index (χ0n) is 14.8. The smallest absolute Gasteiger partial charge is 0.321 e. The number of nitrogens with zero attached hydrogens (tertiary/aromatic N) is 1. The van der Waals surface area contributed by atoms with Crippen molar-refractivity contribution >= 4 is 11.7 Å². The number of hydrogen-bond acceptors (Lipinski definition) is 2. The van der Waals surface area contributed by atoms with E-state index in [9.17, 15) is 4.79 Å². The largest absolute Gasteiger partial charge is 0.377 e. The van der Waals surface area contributed by atoms with E-state index >= 15 is 0 Å². The Morgan fingerprint density at radius 1 is 1.35 bits per heavy atom. The molecular weight excluding hydrogens is 288 g/mol. The predicted molar refractivity (Wildman–Crippen MR) is 92.7 cm³/mol. The van der Waals surface area contributed by atoms with Gasteiger partial charge in [-0.1, -0.05) is 45.9 Å². The third kappa shape index (κ3) is 2.63. The highest BCUT2D eigenvalue weighted by atomic mass is 16.5. The van der Waals surface area contributed by atoms with Crippen LogP contribution in [0.2, 0.25) is 0 Å². The second-order valence-corrected chi connectivity index (χ2v) is 7.79. The topological polar surface area (TPSA) is 41.6 Å². The second kappa shape index (κ2) is 5.82. The highest BCUT2D eigenvalue weighted by molar-refractivity contribution is 5.90. The van der Waals surface area contributed by atoms with Gasteiger partial charge in [-0.05, 0) is 24.0 Å². The number of nitrogens with one attached hydrogen (secondary N) is 1. The average Bonchev–Trinajstić information content (AvgIpc) is 2.93. The number of hydrogen-bond donors (Lipinski definition) is 1. The van der Waals surface area contributed by atoms with Crippen LogP contribution in [0, 0.1) is 11.3 Å². The van der Waals surface area contributed by atoms with Gasteiger partial charge in [0.25, 0.3) is 0 Å². The molecule has 126 valence electrons. The van der Waals surface area contributed by atoms with Gasteiger partial charge in [0.05, 0.1) is 6.10 Å². The van der Waals surface area contributed by atoms with Crippen molar-refractivity contribution in [2.24, 2.45) is 11.3 Å². The minimum absolute atomic E-state index is 0.0187. The van der Waals surface area contributed by atoms with E-state index < -0.39 is 0 Å². The predicted octanol–water partition coefficient (Wildman–Crippen LogP) is 4.09. The van der Waals surface area contributed by atoms with Crippen molar-refractivity contribution in [3.63, 3.8) is 0 Å². The van der Waals surface area contributed by atoms with E-state index in [1.807, 2.05) is 30.1 Å². The standard InChI is InChI=1S/C19H28N2O2/c1-12(2)13-8-6-7-9-15(13)20-18(22)21(5)16-14-10-11-23-17(14)19(16,3)4/h6-9,12,14,16-17H,10-11H2,1-5H3,(H,20,22). The fraction of sp³-hybridized carbons (Fsp3) is 0.632. The minimum Gasteiger partial charge on any atom is -0.377 e. The maximum Gasteiger partial charge on any atom is 0.321 e. The molecule has 2 fully saturated rings. The van der Waals surface area contributed by atoms with Crippen LogP contribution in [0.25, 0.3) is 0 Å². The Hall–Kier alpha value is -1.55. The number of anilines is 1. The SMILES string of the molecule is CC(C)c1ccccc1NC(=O)N(C)C1C2CCOC2C1(C)C. The molecule has 4 heteroatoms. The van der Waals surface area contributed by atoms with Crippen LogP contribution in [-0.2, 0) is 4.74 Å². The average molecular weight is 316 g/mol. The number of carbonyl (C=O) groups is 1. The van der Waals surface area contributed by atoms with Gasteiger partial charge in [0.1, 0.15) is 0 Å². The van der Waals surface area contributed by atoms with Crippen molar-refractivity contribution in [3.05, 3.63) is 29.8 Å². The molecule has 0 spiro atoms. The number of para-hydroxylation sites is 1. The lowest BCUT2D eigenvalue weighted by Crippen LogP contribution is -2.67. The van der Waals surface area contributed by atoms with E-state index in [0.29, 0.717) is 17.9 Å². The van der Waals surface area contributed by atoms with Crippen molar-refractivity contribution in [1.82, 2.24) is 4.90 Å². The van der Waals surface area contributed by atoms with Gasteiger partial charge in [-0.15, -0.1) is 0 Å². The first-order valence-electron chi connectivity index (χ1n) is 8.58. The molecule has 1 saturated heterocycles. The van der Waals surface area contributed by atoms with Gasteiger partial charge in [-0.3, -0.25) is 0 Å². The molecule has 3 rings (SSSR count). The van der Waals surface area contributed by atoms with Crippen molar-refractivity contribution in [3.8, 4) is 0 Å². The monoisotopic (exact) mass is 316 g/mol. The first-order chi connectivity index (χ1) is 10.8.